The number of aryl methyl sites for hydroxylation is 1. The Kier molecular flexibility index (Phi) is 2.05. The molecule has 3 nitrogen and oxygen atoms in total. The summed E-state index contributed by atoms with van der Waals surface area (Å²) >= 11 is 0. The Hall–Kier alpha value is -2.08. The first-order chi connectivity index (χ1) is 7.13. The lowest BCUT2D eigenvalue weighted by molar-refractivity contribution is 0.0941. The summed E-state index contributed by atoms with van der Waals surface area (Å²) in [6, 6.07) is 7.43. The van der Waals surface area contributed by atoms with Crippen LogP contribution in [0.25, 0.3) is 10.9 Å². The fourth-order valence-electron chi connectivity index (χ4n) is 1.72. The van der Waals surface area contributed by atoms with Crippen molar-refractivity contribution in [1.82, 2.24) is 4.57 Å². The van der Waals surface area contributed by atoms with Crippen LogP contribution in [0.2, 0.25) is 0 Å². The molecule has 0 radical (unpaired) electrons. The first-order valence-corrected chi connectivity index (χ1v) is 4.66. The first kappa shape index (κ1) is 9.47. The zero-order valence-electron chi connectivity index (χ0n) is 8.61. The van der Waals surface area contributed by atoms with Gasteiger partial charge in [0.05, 0.1) is 17.1 Å². The van der Waals surface area contributed by atoms with Crippen LogP contribution in [0.5, 0.6) is 0 Å². The van der Waals surface area contributed by atoms with Crippen LogP contribution < -0.4 is 0 Å². The highest BCUT2D eigenvalue weighted by Crippen LogP contribution is 2.21. The number of benzene rings is 1. The summed E-state index contributed by atoms with van der Waals surface area (Å²) in [5, 5.41) is 9.74. The third kappa shape index (κ3) is 1.40. The third-order valence-electron chi connectivity index (χ3n) is 2.47. The highest BCUT2D eigenvalue weighted by molar-refractivity contribution is 5.94. The fraction of sp³-hybridized carbons (Fsp3) is 0.167. The average Bonchev–Trinajstić information content (AvgIpc) is 2.56. The monoisotopic (exact) mass is 198 g/mol. The maximum atomic E-state index is 11.3. The Balaban J connectivity index is 2.82. The molecule has 1 aromatic heterocycles. The van der Waals surface area contributed by atoms with E-state index in [1.807, 2.05) is 19.1 Å². The Labute approximate surface area is 87.5 Å². The van der Waals surface area contributed by atoms with Crippen LogP contribution in [0.15, 0.2) is 24.4 Å². The summed E-state index contributed by atoms with van der Waals surface area (Å²) in [6.45, 7) is 3.46. The molecular formula is C12H10N2O. The van der Waals surface area contributed by atoms with E-state index in [9.17, 15) is 4.79 Å². The minimum atomic E-state index is -0.0159. The summed E-state index contributed by atoms with van der Waals surface area (Å²) < 4.78 is 1.60. The van der Waals surface area contributed by atoms with Gasteiger partial charge in [-0.1, -0.05) is 0 Å². The number of hydrogen-bond acceptors (Lipinski definition) is 2. The zero-order chi connectivity index (χ0) is 11.0. The fourth-order valence-corrected chi connectivity index (χ4v) is 1.72. The molecule has 0 bridgehead atoms. The van der Waals surface area contributed by atoms with E-state index in [0.717, 1.165) is 16.5 Å². The van der Waals surface area contributed by atoms with E-state index in [1.54, 1.807) is 16.8 Å². The molecule has 0 N–H and O–H groups in total. The Morgan fingerprint density at radius 2 is 2.20 bits per heavy atom. The minimum absolute atomic E-state index is 0.0159. The Morgan fingerprint density at radius 1 is 1.47 bits per heavy atom. The lowest BCUT2D eigenvalue weighted by Gasteiger charge is -1.98. The van der Waals surface area contributed by atoms with Gasteiger partial charge in [0.25, 0.3) is 0 Å². The van der Waals surface area contributed by atoms with Gasteiger partial charge in [-0.3, -0.25) is 9.36 Å². The van der Waals surface area contributed by atoms with Gasteiger partial charge in [0.2, 0.25) is 5.91 Å². The highest BCUT2D eigenvalue weighted by Gasteiger charge is 2.08. The smallest absolute Gasteiger partial charge is 0.227 e. The maximum absolute atomic E-state index is 11.3. The van der Waals surface area contributed by atoms with Crippen LogP contribution in [0.4, 0.5) is 0 Å². The van der Waals surface area contributed by atoms with Crippen molar-refractivity contribution in [1.29, 1.82) is 5.26 Å². The first-order valence-electron chi connectivity index (χ1n) is 4.66. The van der Waals surface area contributed by atoms with Gasteiger partial charge in [-0.2, -0.15) is 5.26 Å². The number of hydrogen-bond donors (Lipinski definition) is 0. The molecule has 15 heavy (non-hydrogen) atoms. The highest BCUT2D eigenvalue weighted by atomic mass is 16.1. The summed E-state index contributed by atoms with van der Waals surface area (Å²) in [5.41, 5.74) is 2.49. The lowest BCUT2D eigenvalue weighted by Crippen LogP contribution is -2.02. The van der Waals surface area contributed by atoms with Crippen LogP contribution in [-0.4, -0.2) is 10.5 Å². The molecule has 2 rings (SSSR count). The number of carbonyl (C=O) groups excluding carboxylic acids is 1. The van der Waals surface area contributed by atoms with E-state index in [4.69, 9.17) is 5.26 Å². The van der Waals surface area contributed by atoms with E-state index in [1.165, 1.54) is 6.92 Å². The Morgan fingerprint density at radius 3 is 2.80 bits per heavy atom. The van der Waals surface area contributed by atoms with Crippen molar-refractivity contribution in [2.24, 2.45) is 0 Å². The predicted octanol–water partition coefficient (Wildman–Crippen LogP) is 2.48. The number of rotatable bonds is 0. The molecule has 0 aliphatic heterocycles. The topological polar surface area (TPSA) is 45.8 Å². The number of fused-ring (bicyclic) bond motifs is 1. The average molecular weight is 198 g/mol. The molecule has 74 valence electrons. The molecule has 3 heteroatoms. The SMILES string of the molecule is CC(=O)n1cc(C)c2cc(C#N)ccc21. The molecular weight excluding hydrogens is 188 g/mol. The van der Waals surface area contributed by atoms with Gasteiger partial charge >= 0.3 is 0 Å². The molecule has 1 aromatic carbocycles. The molecule has 0 unspecified atom stereocenters. The summed E-state index contributed by atoms with van der Waals surface area (Å²) in [6.07, 6.45) is 1.80. The minimum Gasteiger partial charge on any atom is -0.287 e. The van der Waals surface area contributed by atoms with E-state index < -0.39 is 0 Å². The van der Waals surface area contributed by atoms with Crippen molar-refractivity contribution >= 4 is 16.8 Å². The second-order valence-electron chi connectivity index (χ2n) is 3.54. The number of nitrogens with zero attached hydrogens (tertiary/aromatic N) is 2. The molecule has 0 aliphatic carbocycles. The van der Waals surface area contributed by atoms with Crippen molar-refractivity contribution in [2.75, 3.05) is 0 Å². The van der Waals surface area contributed by atoms with Crippen molar-refractivity contribution in [2.45, 2.75) is 13.8 Å². The van der Waals surface area contributed by atoms with Crippen LogP contribution in [0.3, 0.4) is 0 Å². The number of aromatic nitrogens is 1. The van der Waals surface area contributed by atoms with Gasteiger partial charge in [-0.25, -0.2) is 0 Å². The summed E-state index contributed by atoms with van der Waals surface area (Å²) in [5.74, 6) is -0.0159. The number of nitriles is 1. The molecule has 2 aromatic rings. The van der Waals surface area contributed by atoms with E-state index in [-0.39, 0.29) is 5.91 Å². The molecule has 0 atom stereocenters. The quantitative estimate of drug-likeness (QED) is 0.652. The standard InChI is InChI=1S/C12H10N2O/c1-8-7-14(9(2)15)12-4-3-10(6-13)5-11(8)12/h3-5,7H,1-2H3. The van der Waals surface area contributed by atoms with Gasteiger partial charge in [0.1, 0.15) is 0 Å². The largest absolute Gasteiger partial charge is 0.287 e. The van der Waals surface area contributed by atoms with Crippen LogP contribution >= 0.6 is 0 Å². The summed E-state index contributed by atoms with van der Waals surface area (Å²) in [7, 11) is 0. The van der Waals surface area contributed by atoms with Crippen molar-refractivity contribution in [3.63, 3.8) is 0 Å². The van der Waals surface area contributed by atoms with E-state index >= 15 is 0 Å². The number of carbonyl (C=O) groups is 1. The predicted molar refractivity (Wildman–Crippen MR) is 57.7 cm³/mol. The second-order valence-corrected chi connectivity index (χ2v) is 3.54. The lowest BCUT2D eigenvalue weighted by atomic mass is 10.1. The van der Waals surface area contributed by atoms with Crippen LogP contribution in [0.1, 0.15) is 22.8 Å². The second kappa shape index (κ2) is 3.25. The van der Waals surface area contributed by atoms with Gasteiger partial charge in [0.15, 0.2) is 0 Å². The van der Waals surface area contributed by atoms with Crippen molar-refractivity contribution < 1.29 is 4.79 Å². The molecule has 0 saturated carbocycles. The summed E-state index contributed by atoms with van der Waals surface area (Å²) in [4.78, 5) is 11.3. The van der Waals surface area contributed by atoms with Crippen molar-refractivity contribution in [3.05, 3.63) is 35.5 Å². The zero-order valence-corrected chi connectivity index (χ0v) is 8.61. The maximum Gasteiger partial charge on any atom is 0.227 e. The molecule has 0 fully saturated rings. The molecule has 0 saturated heterocycles. The van der Waals surface area contributed by atoms with E-state index in [0.29, 0.717) is 5.56 Å². The molecule has 0 spiro atoms. The van der Waals surface area contributed by atoms with Gasteiger partial charge in [-0.05, 0) is 30.7 Å². The van der Waals surface area contributed by atoms with Gasteiger partial charge in [0, 0.05) is 18.5 Å². The molecule has 1 heterocycles. The Bertz CT molecular complexity index is 587. The van der Waals surface area contributed by atoms with Crippen molar-refractivity contribution in [3.8, 4) is 6.07 Å². The molecule has 0 aliphatic rings. The van der Waals surface area contributed by atoms with Gasteiger partial charge in [-0.15, -0.1) is 0 Å². The van der Waals surface area contributed by atoms with Gasteiger partial charge < -0.3 is 0 Å². The molecule has 0 amide bonds. The third-order valence-corrected chi connectivity index (χ3v) is 2.47. The normalized spacial score (nSPS) is 10.2. The van der Waals surface area contributed by atoms with E-state index in [2.05, 4.69) is 6.07 Å². The van der Waals surface area contributed by atoms with Crippen LogP contribution in [0, 0.1) is 18.3 Å². The van der Waals surface area contributed by atoms with Crippen LogP contribution in [-0.2, 0) is 0 Å².